The highest BCUT2D eigenvalue weighted by Gasteiger charge is 2.29. The standard InChI is InChI=1S/C26H28N4O5/c1-16(2)11-23(25(32)33)29-24(31)14-30-13-17(12-27-30)28-26(34)35-15-22-20-9-5-3-7-18(20)19-8-4-6-10-21(19)22/h3-10,12-13,16,22-23H,11,14-15H2,1-2H3,(H,28,34)(H,29,31)(H,32,33)/t23-/m0/s1. The maximum absolute atomic E-state index is 12.4. The lowest BCUT2D eigenvalue weighted by atomic mass is 9.98. The van der Waals surface area contributed by atoms with Crippen LogP contribution in [0.5, 0.6) is 0 Å². The zero-order chi connectivity index (χ0) is 24.9. The molecule has 0 unspecified atom stereocenters. The molecule has 9 heteroatoms. The predicted octanol–water partition coefficient (Wildman–Crippen LogP) is 3.86. The van der Waals surface area contributed by atoms with Crippen LogP contribution in [0, 0.1) is 5.92 Å². The third-order valence-corrected chi connectivity index (χ3v) is 5.87. The number of nitrogens with zero attached hydrogens (tertiary/aromatic N) is 2. The minimum Gasteiger partial charge on any atom is -0.480 e. The van der Waals surface area contributed by atoms with Gasteiger partial charge >= 0.3 is 12.1 Å². The van der Waals surface area contributed by atoms with E-state index in [9.17, 15) is 19.5 Å². The average Bonchev–Trinajstić information content (AvgIpc) is 3.38. The van der Waals surface area contributed by atoms with Gasteiger partial charge in [0.05, 0.1) is 11.9 Å². The number of benzene rings is 2. The first-order valence-corrected chi connectivity index (χ1v) is 11.5. The molecule has 0 saturated carbocycles. The first kappa shape index (κ1) is 24.0. The Kier molecular flexibility index (Phi) is 7.14. The first-order valence-electron chi connectivity index (χ1n) is 11.5. The fraction of sp³-hybridized carbons (Fsp3) is 0.308. The Bertz CT molecular complexity index is 1190. The third kappa shape index (κ3) is 5.68. The van der Waals surface area contributed by atoms with Crippen LogP contribution in [0.2, 0.25) is 0 Å². The Morgan fingerprint density at radius 3 is 2.29 bits per heavy atom. The summed E-state index contributed by atoms with van der Waals surface area (Å²) < 4.78 is 6.84. The number of aliphatic carboxylic acids is 1. The van der Waals surface area contributed by atoms with Crippen molar-refractivity contribution in [1.82, 2.24) is 15.1 Å². The zero-order valence-electron chi connectivity index (χ0n) is 19.6. The molecule has 2 amide bonds. The molecule has 1 aliphatic rings. The number of nitrogens with one attached hydrogen (secondary N) is 2. The van der Waals surface area contributed by atoms with Gasteiger partial charge in [-0.2, -0.15) is 5.10 Å². The van der Waals surface area contributed by atoms with Gasteiger partial charge < -0.3 is 15.2 Å². The van der Waals surface area contributed by atoms with Crippen LogP contribution in [-0.4, -0.2) is 45.5 Å². The summed E-state index contributed by atoms with van der Waals surface area (Å²) >= 11 is 0. The molecule has 1 heterocycles. The van der Waals surface area contributed by atoms with Crippen molar-refractivity contribution >= 4 is 23.7 Å². The van der Waals surface area contributed by atoms with Crippen molar-refractivity contribution in [2.45, 2.75) is 38.8 Å². The van der Waals surface area contributed by atoms with E-state index >= 15 is 0 Å². The van der Waals surface area contributed by atoms with Gasteiger partial charge in [0.25, 0.3) is 0 Å². The van der Waals surface area contributed by atoms with Gasteiger partial charge in [0.2, 0.25) is 5.91 Å². The molecule has 35 heavy (non-hydrogen) atoms. The van der Waals surface area contributed by atoms with Crippen LogP contribution in [0.4, 0.5) is 10.5 Å². The zero-order valence-corrected chi connectivity index (χ0v) is 19.6. The number of anilines is 1. The number of hydrogen-bond acceptors (Lipinski definition) is 5. The molecule has 0 bridgehead atoms. The summed E-state index contributed by atoms with van der Waals surface area (Å²) in [5.41, 5.74) is 4.91. The number of carboxylic acid groups (broad SMARTS) is 1. The Morgan fingerprint density at radius 1 is 1.06 bits per heavy atom. The van der Waals surface area contributed by atoms with Gasteiger partial charge in [0.15, 0.2) is 0 Å². The van der Waals surface area contributed by atoms with Crippen molar-refractivity contribution in [3.05, 3.63) is 72.1 Å². The molecule has 0 radical (unpaired) electrons. The molecule has 0 saturated heterocycles. The van der Waals surface area contributed by atoms with Gasteiger partial charge in [-0.1, -0.05) is 62.4 Å². The van der Waals surface area contributed by atoms with E-state index in [-0.39, 0.29) is 25.0 Å². The van der Waals surface area contributed by atoms with Crippen LogP contribution < -0.4 is 10.6 Å². The van der Waals surface area contributed by atoms with E-state index in [1.807, 2.05) is 50.2 Å². The highest BCUT2D eigenvalue weighted by molar-refractivity contribution is 5.85. The van der Waals surface area contributed by atoms with Gasteiger partial charge in [-0.05, 0) is 34.6 Å². The summed E-state index contributed by atoms with van der Waals surface area (Å²) in [7, 11) is 0. The molecular weight excluding hydrogens is 448 g/mol. The van der Waals surface area contributed by atoms with E-state index in [1.54, 1.807) is 0 Å². The molecule has 0 aliphatic heterocycles. The Morgan fingerprint density at radius 2 is 1.69 bits per heavy atom. The second-order valence-corrected chi connectivity index (χ2v) is 8.97. The molecule has 1 aromatic heterocycles. The van der Waals surface area contributed by atoms with Crippen molar-refractivity contribution < 1.29 is 24.2 Å². The fourth-order valence-corrected chi connectivity index (χ4v) is 4.35. The number of carbonyl (C=O) groups excluding carboxylic acids is 2. The van der Waals surface area contributed by atoms with Crippen LogP contribution >= 0.6 is 0 Å². The molecule has 0 spiro atoms. The van der Waals surface area contributed by atoms with E-state index < -0.39 is 24.0 Å². The van der Waals surface area contributed by atoms with Gasteiger partial charge in [0, 0.05) is 12.1 Å². The van der Waals surface area contributed by atoms with E-state index in [4.69, 9.17) is 4.74 Å². The number of ether oxygens (including phenoxy) is 1. The van der Waals surface area contributed by atoms with E-state index in [0.717, 1.165) is 22.3 Å². The summed E-state index contributed by atoms with van der Waals surface area (Å²) in [5, 5.41) is 18.5. The minimum absolute atomic E-state index is 0.0485. The molecule has 1 aliphatic carbocycles. The summed E-state index contributed by atoms with van der Waals surface area (Å²) in [6, 6.07) is 15.2. The summed E-state index contributed by atoms with van der Waals surface area (Å²) in [6.07, 6.45) is 2.59. The average molecular weight is 477 g/mol. The van der Waals surface area contributed by atoms with Gasteiger partial charge in [-0.25, -0.2) is 9.59 Å². The lowest BCUT2D eigenvalue weighted by Gasteiger charge is -2.16. The lowest BCUT2D eigenvalue weighted by molar-refractivity contribution is -0.142. The number of carbonyl (C=O) groups is 3. The van der Waals surface area contributed by atoms with Crippen LogP contribution in [0.25, 0.3) is 11.1 Å². The second kappa shape index (κ2) is 10.4. The van der Waals surface area contributed by atoms with E-state index in [2.05, 4.69) is 27.9 Å². The lowest BCUT2D eigenvalue weighted by Crippen LogP contribution is -2.43. The SMILES string of the molecule is CC(C)C[C@H](NC(=O)Cn1cc(NC(=O)OCC2c3ccccc3-c3ccccc32)cn1)C(=O)O. The summed E-state index contributed by atoms with van der Waals surface area (Å²) in [4.78, 5) is 36.0. The third-order valence-electron chi connectivity index (χ3n) is 5.87. The van der Waals surface area contributed by atoms with Crippen molar-refractivity contribution in [3.8, 4) is 11.1 Å². The van der Waals surface area contributed by atoms with E-state index in [0.29, 0.717) is 12.1 Å². The number of rotatable bonds is 9. The molecule has 4 rings (SSSR count). The summed E-state index contributed by atoms with van der Waals surface area (Å²) in [6.45, 7) is 3.78. The van der Waals surface area contributed by atoms with Crippen molar-refractivity contribution in [2.24, 2.45) is 5.92 Å². The molecule has 3 N–H and O–H groups in total. The number of amides is 2. The monoisotopic (exact) mass is 476 g/mol. The predicted molar refractivity (Wildman–Crippen MR) is 130 cm³/mol. The molecule has 3 aromatic rings. The number of fused-ring (bicyclic) bond motifs is 3. The second-order valence-electron chi connectivity index (χ2n) is 8.97. The van der Waals surface area contributed by atoms with Crippen LogP contribution in [-0.2, 0) is 20.9 Å². The van der Waals surface area contributed by atoms with Crippen molar-refractivity contribution in [1.29, 1.82) is 0 Å². The van der Waals surface area contributed by atoms with Gasteiger partial charge in [0.1, 0.15) is 19.2 Å². The van der Waals surface area contributed by atoms with Crippen LogP contribution in [0.15, 0.2) is 60.9 Å². The maximum Gasteiger partial charge on any atom is 0.411 e. The minimum atomic E-state index is -1.08. The van der Waals surface area contributed by atoms with Crippen LogP contribution in [0.1, 0.15) is 37.3 Å². The van der Waals surface area contributed by atoms with Crippen LogP contribution in [0.3, 0.4) is 0 Å². The Labute approximate surface area is 203 Å². The van der Waals surface area contributed by atoms with Crippen molar-refractivity contribution in [3.63, 3.8) is 0 Å². The topological polar surface area (TPSA) is 123 Å². The number of hydrogen-bond donors (Lipinski definition) is 3. The maximum atomic E-state index is 12.4. The number of aromatic nitrogens is 2. The Balaban J connectivity index is 1.31. The quantitative estimate of drug-likeness (QED) is 0.431. The van der Waals surface area contributed by atoms with Gasteiger partial charge in [-0.3, -0.25) is 14.8 Å². The summed E-state index contributed by atoms with van der Waals surface area (Å²) in [5.74, 6) is -1.49. The molecular formula is C26H28N4O5. The largest absolute Gasteiger partial charge is 0.480 e. The highest BCUT2D eigenvalue weighted by atomic mass is 16.5. The molecule has 2 aromatic carbocycles. The van der Waals surface area contributed by atoms with Gasteiger partial charge in [-0.15, -0.1) is 0 Å². The first-order chi connectivity index (χ1) is 16.8. The molecule has 1 atom stereocenters. The van der Waals surface area contributed by atoms with E-state index in [1.165, 1.54) is 17.1 Å². The smallest absolute Gasteiger partial charge is 0.411 e. The number of carboxylic acids is 1. The highest BCUT2D eigenvalue weighted by Crippen LogP contribution is 2.44. The molecule has 0 fully saturated rings. The normalized spacial score (nSPS) is 13.1. The van der Waals surface area contributed by atoms with Crippen molar-refractivity contribution in [2.75, 3.05) is 11.9 Å². The molecule has 9 nitrogen and oxygen atoms in total. The molecule has 182 valence electrons. The fourth-order valence-electron chi connectivity index (χ4n) is 4.35. The Hall–Kier alpha value is -4.14.